The van der Waals surface area contributed by atoms with Crippen LogP contribution >= 0.6 is 23.2 Å². The molecule has 1 atom stereocenters. The maximum atomic E-state index is 11.6. The van der Waals surface area contributed by atoms with Crippen molar-refractivity contribution in [1.29, 1.82) is 0 Å². The molecule has 0 spiro atoms. The van der Waals surface area contributed by atoms with Crippen LogP contribution in [0.1, 0.15) is 17.3 Å². The molecule has 0 saturated heterocycles. The van der Waals surface area contributed by atoms with Gasteiger partial charge in [-0.2, -0.15) is 0 Å². The molecule has 0 aliphatic rings. The number of rotatable bonds is 3. The number of nitrogens with two attached hydrogens (primary N) is 1. The SMILES string of the molecule is C[C@@H](OC(=O)c1cnc(Cl)c(Cl)c1)C(=O)NC(N)=O. The molecule has 19 heavy (non-hydrogen) atoms. The first-order chi connectivity index (χ1) is 8.81. The first-order valence-electron chi connectivity index (χ1n) is 4.93. The molecule has 0 aliphatic carbocycles. The lowest BCUT2D eigenvalue weighted by Crippen LogP contribution is -2.42. The monoisotopic (exact) mass is 305 g/mol. The predicted molar refractivity (Wildman–Crippen MR) is 66.9 cm³/mol. The van der Waals surface area contributed by atoms with Crippen LogP contribution in [0.4, 0.5) is 4.79 Å². The molecule has 1 aromatic heterocycles. The van der Waals surface area contributed by atoms with E-state index in [-0.39, 0.29) is 15.7 Å². The van der Waals surface area contributed by atoms with Gasteiger partial charge in [0.15, 0.2) is 6.10 Å². The van der Waals surface area contributed by atoms with Gasteiger partial charge in [-0.15, -0.1) is 0 Å². The van der Waals surface area contributed by atoms with Crippen LogP contribution in [-0.4, -0.2) is 29.0 Å². The fraction of sp³-hybridized carbons (Fsp3) is 0.200. The van der Waals surface area contributed by atoms with Crippen molar-refractivity contribution in [3.63, 3.8) is 0 Å². The highest BCUT2D eigenvalue weighted by molar-refractivity contribution is 6.41. The third-order valence-corrected chi connectivity index (χ3v) is 2.62. The summed E-state index contributed by atoms with van der Waals surface area (Å²) in [6.07, 6.45) is -0.0515. The van der Waals surface area contributed by atoms with Gasteiger partial charge in [-0.05, 0) is 13.0 Å². The quantitative estimate of drug-likeness (QED) is 0.642. The molecule has 0 aromatic carbocycles. The molecule has 1 rings (SSSR count). The first kappa shape index (κ1) is 15.2. The van der Waals surface area contributed by atoms with Gasteiger partial charge in [0.2, 0.25) is 0 Å². The highest BCUT2D eigenvalue weighted by Gasteiger charge is 2.20. The van der Waals surface area contributed by atoms with E-state index in [1.807, 2.05) is 0 Å². The number of hydrogen-bond donors (Lipinski definition) is 2. The number of carbonyl (C=O) groups excluding carboxylic acids is 3. The summed E-state index contributed by atoms with van der Waals surface area (Å²) in [6.45, 7) is 1.28. The zero-order valence-corrected chi connectivity index (χ0v) is 11.2. The molecule has 1 heterocycles. The average molecular weight is 306 g/mol. The van der Waals surface area contributed by atoms with Crippen molar-refractivity contribution in [1.82, 2.24) is 10.3 Å². The van der Waals surface area contributed by atoms with E-state index < -0.39 is 24.0 Å². The topological polar surface area (TPSA) is 111 Å². The van der Waals surface area contributed by atoms with E-state index in [9.17, 15) is 14.4 Å². The van der Waals surface area contributed by atoms with Crippen molar-refractivity contribution >= 4 is 41.1 Å². The molecule has 0 unspecified atom stereocenters. The Labute approximate surface area is 118 Å². The number of pyridine rings is 1. The number of ether oxygens (including phenoxy) is 1. The normalized spacial score (nSPS) is 11.5. The maximum Gasteiger partial charge on any atom is 0.340 e. The van der Waals surface area contributed by atoms with Gasteiger partial charge in [-0.3, -0.25) is 10.1 Å². The predicted octanol–water partition coefficient (Wildman–Crippen LogP) is 1.13. The largest absolute Gasteiger partial charge is 0.449 e. The first-order valence-corrected chi connectivity index (χ1v) is 5.69. The summed E-state index contributed by atoms with van der Waals surface area (Å²) in [5, 5.41) is 1.89. The van der Waals surface area contributed by atoms with Gasteiger partial charge in [0.25, 0.3) is 5.91 Å². The number of imide groups is 1. The minimum atomic E-state index is -1.20. The van der Waals surface area contributed by atoms with Crippen LogP contribution in [0, 0.1) is 0 Å². The fourth-order valence-electron chi connectivity index (χ4n) is 1.04. The Balaban J connectivity index is 2.71. The molecule has 7 nitrogen and oxygen atoms in total. The van der Waals surface area contributed by atoms with E-state index in [1.54, 1.807) is 5.32 Å². The number of carbonyl (C=O) groups is 3. The van der Waals surface area contributed by atoms with Crippen molar-refractivity contribution in [2.75, 3.05) is 0 Å². The summed E-state index contributed by atoms with van der Waals surface area (Å²) < 4.78 is 4.79. The van der Waals surface area contributed by atoms with E-state index in [0.29, 0.717) is 0 Å². The van der Waals surface area contributed by atoms with Crippen molar-refractivity contribution in [3.05, 3.63) is 28.0 Å². The average Bonchev–Trinajstić information content (AvgIpc) is 2.31. The summed E-state index contributed by atoms with van der Waals surface area (Å²) >= 11 is 11.3. The van der Waals surface area contributed by atoms with Crippen molar-refractivity contribution in [2.45, 2.75) is 13.0 Å². The number of aromatic nitrogens is 1. The second kappa shape index (κ2) is 6.35. The van der Waals surface area contributed by atoms with Crippen LogP contribution in [0.15, 0.2) is 12.3 Å². The fourth-order valence-corrected chi connectivity index (χ4v) is 1.31. The molecule has 0 radical (unpaired) electrons. The van der Waals surface area contributed by atoms with E-state index in [0.717, 1.165) is 6.20 Å². The Morgan fingerprint density at radius 2 is 2.05 bits per heavy atom. The van der Waals surface area contributed by atoms with Gasteiger partial charge in [0.1, 0.15) is 5.15 Å². The van der Waals surface area contributed by atoms with E-state index in [4.69, 9.17) is 33.7 Å². The number of nitrogens with one attached hydrogen (secondary N) is 1. The molecule has 102 valence electrons. The van der Waals surface area contributed by atoms with Crippen LogP contribution in [-0.2, 0) is 9.53 Å². The molecular weight excluding hydrogens is 297 g/mol. The number of hydrogen-bond acceptors (Lipinski definition) is 5. The summed E-state index contributed by atoms with van der Waals surface area (Å²) in [5.74, 6) is -1.67. The van der Waals surface area contributed by atoms with Crippen LogP contribution < -0.4 is 11.1 Å². The Morgan fingerprint density at radius 1 is 1.42 bits per heavy atom. The second-order valence-corrected chi connectivity index (χ2v) is 4.16. The number of amides is 3. The highest BCUT2D eigenvalue weighted by atomic mass is 35.5. The molecule has 1 aromatic rings. The zero-order valence-electron chi connectivity index (χ0n) is 9.65. The lowest BCUT2D eigenvalue weighted by atomic mass is 10.3. The highest BCUT2D eigenvalue weighted by Crippen LogP contribution is 2.20. The van der Waals surface area contributed by atoms with Crippen LogP contribution in [0.2, 0.25) is 10.2 Å². The van der Waals surface area contributed by atoms with Gasteiger partial charge < -0.3 is 10.5 Å². The number of urea groups is 1. The molecule has 0 saturated carbocycles. The smallest absolute Gasteiger partial charge is 0.340 e. The Kier molecular flexibility index (Phi) is 5.08. The standard InChI is InChI=1S/C10H9Cl2N3O4/c1-4(8(16)15-10(13)18)19-9(17)5-2-6(11)7(12)14-3-5/h2-4H,1H3,(H3,13,15,16,18)/t4-/m1/s1. The van der Waals surface area contributed by atoms with E-state index in [1.165, 1.54) is 13.0 Å². The summed E-state index contributed by atoms with van der Waals surface area (Å²) in [7, 11) is 0. The molecule has 9 heteroatoms. The minimum Gasteiger partial charge on any atom is -0.449 e. The molecule has 0 aliphatic heterocycles. The number of halogens is 2. The summed E-state index contributed by atoms with van der Waals surface area (Å²) in [6, 6.07) is 0.210. The number of esters is 1. The molecule has 3 amide bonds. The van der Waals surface area contributed by atoms with Gasteiger partial charge >= 0.3 is 12.0 Å². The van der Waals surface area contributed by atoms with Crippen molar-refractivity contribution < 1.29 is 19.1 Å². The zero-order chi connectivity index (χ0) is 14.6. The van der Waals surface area contributed by atoms with Crippen LogP contribution in [0.3, 0.4) is 0 Å². The molecule has 0 bridgehead atoms. The number of nitrogens with zero attached hydrogens (tertiary/aromatic N) is 1. The van der Waals surface area contributed by atoms with Crippen molar-refractivity contribution in [3.8, 4) is 0 Å². The van der Waals surface area contributed by atoms with Gasteiger partial charge in [0.05, 0.1) is 10.6 Å². The lowest BCUT2D eigenvalue weighted by Gasteiger charge is -2.11. The summed E-state index contributed by atoms with van der Waals surface area (Å²) in [4.78, 5) is 37.1. The van der Waals surface area contributed by atoms with Gasteiger partial charge in [0, 0.05) is 6.20 Å². The second-order valence-electron chi connectivity index (χ2n) is 3.40. The Morgan fingerprint density at radius 3 is 2.58 bits per heavy atom. The van der Waals surface area contributed by atoms with Crippen molar-refractivity contribution in [2.24, 2.45) is 5.73 Å². The molecular formula is C10H9Cl2N3O4. The number of primary amides is 1. The van der Waals surface area contributed by atoms with Gasteiger partial charge in [-0.1, -0.05) is 23.2 Å². The minimum absolute atomic E-state index is 0.0214. The van der Waals surface area contributed by atoms with E-state index >= 15 is 0 Å². The Hall–Kier alpha value is -1.86. The van der Waals surface area contributed by atoms with E-state index in [2.05, 4.69) is 4.98 Å². The maximum absolute atomic E-state index is 11.6. The lowest BCUT2D eigenvalue weighted by molar-refractivity contribution is -0.127. The third-order valence-electron chi connectivity index (χ3n) is 1.93. The van der Waals surface area contributed by atoms with Crippen LogP contribution in [0.5, 0.6) is 0 Å². The summed E-state index contributed by atoms with van der Waals surface area (Å²) in [5.41, 5.74) is 4.78. The van der Waals surface area contributed by atoms with Crippen LogP contribution in [0.25, 0.3) is 0 Å². The third kappa shape index (κ3) is 4.38. The Bertz CT molecular complexity index is 536. The molecule has 3 N–H and O–H groups in total. The molecule has 0 fully saturated rings. The van der Waals surface area contributed by atoms with Gasteiger partial charge in [-0.25, -0.2) is 14.6 Å².